The fraction of sp³-hybridized carbons (Fsp3) is 0.600. The van der Waals surface area contributed by atoms with Gasteiger partial charge in [0.05, 0.1) is 81.7 Å². The third-order valence-corrected chi connectivity index (χ3v) is 25.8. The number of hydrogen-bond acceptors (Lipinski definition) is 20. The average Bonchev–Trinajstić information content (AvgIpc) is 1.54. The number of benzene rings is 4. The molecule has 6 aromatic rings. The van der Waals surface area contributed by atoms with Gasteiger partial charge in [0.2, 0.25) is 20.0 Å². The van der Waals surface area contributed by atoms with Crippen molar-refractivity contribution in [2.75, 3.05) is 63.2 Å². The van der Waals surface area contributed by atoms with Crippen LogP contribution in [0.15, 0.2) is 82.6 Å². The highest BCUT2D eigenvalue weighted by atomic mass is 32.2. The number of aromatic nitrogens is 2. The van der Waals surface area contributed by atoms with Gasteiger partial charge in [-0.3, -0.25) is 9.59 Å². The summed E-state index contributed by atoms with van der Waals surface area (Å²) in [7, 11) is -8.19. The van der Waals surface area contributed by atoms with E-state index in [2.05, 4.69) is 20.6 Å². The number of carbonyl (C=O) groups excluding carboxylic acids is 2. The molecule has 14 atom stereocenters. The quantitative estimate of drug-likeness (QED) is 0.0263. The lowest BCUT2D eigenvalue weighted by molar-refractivity contribution is -0.182. The van der Waals surface area contributed by atoms with E-state index in [4.69, 9.17) is 28.4 Å². The van der Waals surface area contributed by atoms with Crippen molar-refractivity contribution in [3.8, 4) is 0 Å². The van der Waals surface area contributed by atoms with Gasteiger partial charge in [0.15, 0.2) is 22.8 Å². The lowest BCUT2D eigenvalue weighted by atomic mass is 9.86. The summed E-state index contributed by atoms with van der Waals surface area (Å²) >= 11 is 2.79. The van der Waals surface area contributed by atoms with Crippen molar-refractivity contribution in [2.24, 2.45) is 59.2 Å². The maximum absolute atomic E-state index is 14.2. The molecule has 8 aliphatic rings. The number of esters is 2. The number of hydrogen-bond donors (Lipinski definition) is 4. The van der Waals surface area contributed by atoms with Crippen LogP contribution >= 0.6 is 22.7 Å². The number of sulfonamides is 2. The second kappa shape index (κ2) is 29.8. The summed E-state index contributed by atoms with van der Waals surface area (Å²) in [6.45, 7) is 9.25. The Balaban J connectivity index is 0.000000176. The predicted molar refractivity (Wildman–Crippen MR) is 359 cm³/mol. The molecule has 4 saturated carbocycles. The summed E-state index contributed by atoms with van der Waals surface area (Å²) in [5.74, 6) is -5.10. The molecule has 6 unspecified atom stereocenters. The summed E-state index contributed by atoms with van der Waals surface area (Å²) in [6, 6.07) is 16.6. The van der Waals surface area contributed by atoms with E-state index in [0.29, 0.717) is 62.4 Å². The number of aliphatic hydroxyl groups excluding tert-OH is 2. The van der Waals surface area contributed by atoms with Gasteiger partial charge in [-0.1, -0.05) is 50.4 Å². The molecule has 20 nitrogen and oxygen atoms in total. The van der Waals surface area contributed by atoms with Crippen LogP contribution < -0.4 is 10.6 Å². The number of nitrogens with one attached hydrogen (secondary N) is 2. The average molecular weight is 1440 g/mol. The van der Waals surface area contributed by atoms with Crippen molar-refractivity contribution in [3.05, 3.63) is 107 Å². The number of halogens is 4. The van der Waals surface area contributed by atoms with Gasteiger partial charge in [-0.2, -0.15) is 8.61 Å². The molecule has 4 aliphatic carbocycles. The summed E-state index contributed by atoms with van der Waals surface area (Å²) in [5, 5.41) is 31.6. The Morgan fingerprint density at radius 1 is 0.561 bits per heavy atom. The van der Waals surface area contributed by atoms with Crippen LogP contribution in [0.5, 0.6) is 0 Å². The number of ether oxygens (including phenoxy) is 6. The van der Waals surface area contributed by atoms with E-state index in [0.717, 1.165) is 94.6 Å². The lowest BCUT2D eigenvalue weighted by Gasteiger charge is -2.33. The van der Waals surface area contributed by atoms with E-state index >= 15 is 0 Å². The molecule has 4 aliphatic heterocycles. The predicted octanol–water partition coefficient (Wildman–Crippen LogP) is 10.7. The Morgan fingerprint density at radius 3 is 1.32 bits per heavy atom. The van der Waals surface area contributed by atoms with Crippen molar-refractivity contribution in [3.63, 3.8) is 0 Å². The highest BCUT2D eigenvalue weighted by Crippen LogP contribution is 2.52. The van der Waals surface area contributed by atoms with Crippen LogP contribution in [0, 0.1) is 82.4 Å². The first-order valence-electron chi connectivity index (χ1n) is 34.3. The summed E-state index contributed by atoms with van der Waals surface area (Å²) in [6.07, 6.45) is 2.63. The Bertz CT molecular complexity index is 3780. The first-order valence-corrected chi connectivity index (χ1v) is 38.8. The standard InChI is InChI=1S/2C35H43F2N3O7S2/c2*1-19(2)16-40(49(43,44)26-5-6-28-31(15-26)48-35(39-28)38-25-3-4-25)17-29(41)21(9-20-10-23(36)14-24(37)11-20)13-32(42)47-30-12-22-18-46-34-33(22)27(30)7-8-45-34/h2*5-6,10-11,14-15,19,21-22,25,27,29-30,33-34,41H,3-4,7-9,12-13,16-18H2,1-2H3,(H,38,39)/t21?,22?,27?,29-,30+,33-,34-;21?,22?,27?,29-,30-,33+,34+/m11/s1. The lowest BCUT2D eigenvalue weighted by Crippen LogP contribution is -2.43. The Labute approximate surface area is 576 Å². The van der Waals surface area contributed by atoms with Gasteiger partial charge in [-0.25, -0.2) is 44.4 Å². The SMILES string of the molecule is CC(C)CN(C[C@@H](O)C(CC(=O)O[C@@H]1CC2CO[C@@H]3OCCC1[C@H]23)Cc1cc(F)cc(F)c1)S(=O)(=O)c1ccc2nc(NC3CC3)sc2c1.CC(C)CN(C[C@@H](O)C(CC(=O)O[C@H]1CC2CO[C@H]3OCCC1[C@@H]23)Cc1cc(F)cc(F)c1)S(=O)(=O)c1ccc2nc(NC3CC3)sc2c1. The van der Waals surface area contributed by atoms with Crippen LogP contribution in [-0.4, -0.2) is 159 Å². The first-order chi connectivity index (χ1) is 46.8. The molecule has 4 aromatic carbocycles. The number of fused-ring (bicyclic) bond motifs is 2. The molecule has 4 saturated heterocycles. The van der Waals surface area contributed by atoms with Gasteiger partial charge in [0.25, 0.3) is 0 Å². The van der Waals surface area contributed by atoms with Crippen molar-refractivity contribution in [2.45, 2.75) is 164 Å². The van der Waals surface area contributed by atoms with Crippen molar-refractivity contribution < 1.29 is 82.6 Å². The molecule has 532 valence electrons. The molecular formula is C70H86F4N6O14S4. The molecule has 2 aromatic heterocycles. The third-order valence-electron chi connectivity index (χ3n) is 20.2. The van der Waals surface area contributed by atoms with E-state index in [9.17, 15) is 54.2 Å². The summed E-state index contributed by atoms with van der Waals surface area (Å²) in [5.41, 5.74) is 1.88. The summed E-state index contributed by atoms with van der Waals surface area (Å²) < 4.78 is 152. The normalized spacial score (nSPS) is 26.3. The van der Waals surface area contributed by atoms with Crippen molar-refractivity contribution in [1.82, 2.24) is 18.6 Å². The van der Waals surface area contributed by atoms with E-state index in [1.54, 1.807) is 24.3 Å². The van der Waals surface area contributed by atoms with E-state index in [1.807, 2.05) is 27.7 Å². The second-order valence-electron chi connectivity index (χ2n) is 28.8. The Hall–Kier alpha value is -5.50. The molecule has 14 rings (SSSR count). The number of carbonyl (C=O) groups is 2. The van der Waals surface area contributed by atoms with E-state index in [1.165, 1.54) is 43.4 Å². The molecule has 0 amide bonds. The Kier molecular flexibility index (Phi) is 21.6. The smallest absolute Gasteiger partial charge is 0.306 e. The van der Waals surface area contributed by atoms with Crippen LogP contribution in [0.2, 0.25) is 0 Å². The fourth-order valence-corrected chi connectivity index (χ4v) is 20.8. The highest BCUT2D eigenvalue weighted by molar-refractivity contribution is 7.89. The number of thiazole rings is 2. The van der Waals surface area contributed by atoms with Gasteiger partial charge in [-0.05, 0) is 160 Å². The molecule has 0 spiro atoms. The first kappa shape index (κ1) is 70.9. The number of aliphatic hydroxyl groups is 2. The molecule has 8 fully saturated rings. The minimum atomic E-state index is -4.10. The minimum Gasteiger partial charge on any atom is -0.462 e. The van der Waals surface area contributed by atoms with E-state index < -0.39 is 79.3 Å². The van der Waals surface area contributed by atoms with Crippen LogP contribution in [0.4, 0.5) is 27.8 Å². The van der Waals surface area contributed by atoms with Crippen LogP contribution in [0.25, 0.3) is 20.4 Å². The topological polar surface area (TPSA) is 255 Å². The molecule has 0 bridgehead atoms. The van der Waals surface area contributed by atoms with Crippen molar-refractivity contribution >= 4 is 85.4 Å². The van der Waals surface area contributed by atoms with Gasteiger partial charge in [0, 0.05) is 85.9 Å². The summed E-state index contributed by atoms with van der Waals surface area (Å²) in [4.78, 5) is 36.3. The second-order valence-corrected chi connectivity index (χ2v) is 34.8. The fourth-order valence-electron chi connectivity index (χ4n) is 15.3. The zero-order valence-corrected chi connectivity index (χ0v) is 58.5. The molecule has 98 heavy (non-hydrogen) atoms. The molecular weight excluding hydrogens is 1350 g/mol. The largest absolute Gasteiger partial charge is 0.462 e. The minimum absolute atomic E-state index is 0.0623. The monoisotopic (exact) mass is 1440 g/mol. The maximum atomic E-state index is 14.2. The highest BCUT2D eigenvalue weighted by Gasteiger charge is 2.56. The molecule has 0 radical (unpaired) electrons. The van der Waals surface area contributed by atoms with Gasteiger partial charge in [0.1, 0.15) is 35.5 Å². The maximum Gasteiger partial charge on any atom is 0.306 e. The molecule has 6 heterocycles. The third kappa shape index (κ3) is 16.7. The number of rotatable bonds is 28. The van der Waals surface area contributed by atoms with Crippen LogP contribution in [-0.2, 0) is 70.9 Å². The Morgan fingerprint density at radius 2 is 0.949 bits per heavy atom. The zero-order valence-electron chi connectivity index (χ0n) is 55.2. The number of anilines is 2. The van der Waals surface area contributed by atoms with E-state index in [-0.39, 0.29) is 145 Å². The van der Waals surface area contributed by atoms with Crippen LogP contribution in [0.1, 0.15) is 103 Å². The molecule has 4 N–H and O–H groups in total. The number of nitrogens with zero attached hydrogens (tertiary/aromatic N) is 4. The van der Waals surface area contributed by atoms with Gasteiger partial charge < -0.3 is 49.3 Å². The van der Waals surface area contributed by atoms with Crippen LogP contribution in [0.3, 0.4) is 0 Å². The van der Waals surface area contributed by atoms with Gasteiger partial charge in [-0.15, -0.1) is 0 Å². The van der Waals surface area contributed by atoms with Crippen molar-refractivity contribution in [1.29, 1.82) is 0 Å². The zero-order chi connectivity index (χ0) is 68.9. The van der Waals surface area contributed by atoms with Gasteiger partial charge >= 0.3 is 11.9 Å². The molecule has 28 heteroatoms.